The number of carbonyl (C=O) groups is 1. The standard InChI is InChI=1S/C19H24FN7O2.ClH/c1-11(2)26-14-5-16(27-18-24-7-12(6-21)8-25-18)22-9-13(14)17(28)23-10-15(20)19(3,4)29;/h5,7-9,11,15,29H,10H2,1-4H3,(H,23,28)(H2,22,24,25,26,27);1H/t15-;/m1./s1. The van der Waals surface area contributed by atoms with Crippen molar-refractivity contribution in [2.75, 3.05) is 17.2 Å². The summed E-state index contributed by atoms with van der Waals surface area (Å²) in [6.07, 6.45) is 2.49. The summed E-state index contributed by atoms with van der Waals surface area (Å²) in [6.45, 7) is 6.16. The lowest BCUT2D eigenvalue weighted by Gasteiger charge is -2.23. The molecule has 30 heavy (non-hydrogen) atoms. The minimum Gasteiger partial charge on any atom is -0.387 e. The normalized spacial score (nSPS) is 11.8. The van der Waals surface area contributed by atoms with Crippen LogP contribution in [0.1, 0.15) is 43.6 Å². The lowest BCUT2D eigenvalue weighted by Crippen LogP contribution is -2.42. The van der Waals surface area contributed by atoms with Gasteiger partial charge in [-0.2, -0.15) is 5.26 Å². The van der Waals surface area contributed by atoms with Gasteiger partial charge in [-0.1, -0.05) is 0 Å². The molecule has 2 aromatic rings. The number of hydrogen-bond acceptors (Lipinski definition) is 8. The number of aromatic nitrogens is 3. The van der Waals surface area contributed by atoms with Crippen molar-refractivity contribution in [3.63, 3.8) is 0 Å². The molecule has 0 aliphatic carbocycles. The summed E-state index contributed by atoms with van der Waals surface area (Å²) in [5.74, 6) is 0.109. The largest absolute Gasteiger partial charge is 0.387 e. The van der Waals surface area contributed by atoms with Crippen molar-refractivity contribution in [3.05, 3.63) is 35.8 Å². The second kappa shape index (κ2) is 10.7. The van der Waals surface area contributed by atoms with E-state index in [2.05, 4.69) is 30.9 Å². The van der Waals surface area contributed by atoms with Crippen LogP contribution in [-0.4, -0.2) is 50.3 Å². The molecule has 162 valence electrons. The Morgan fingerprint density at radius 3 is 2.43 bits per heavy atom. The van der Waals surface area contributed by atoms with Gasteiger partial charge in [-0.05, 0) is 27.7 Å². The molecule has 1 atom stereocenters. The third-order valence-electron chi connectivity index (χ3n) is 3.82. The van der Waals surface area contributed by atoms with Gasteiger partial charge in [0.25, 0.3) is 5.91 Å². The fraction of sp³-hybridized carbons (Fsp3) is 0.421. The van der Waals surface area contributed by atoms with E-state index in [1.165, 1.54) is 32.4 Å². The number of rotatable bonds is 8. The first-order valence-electron chi connectivity index (χ1n) is 9.00. The molecule has 0 aromatic carbocycles. The average Bonchev–Trinajstić information content (AvgIpc) is 2.65. The molecule has 0 spiro atoms. The average molecular weight is 438 g/mol. The van der Waals surface area contributed by atoms with Crippen molar-refractivity contribution < 1.29 is 14.3 Å². The highest BCUT2D eigenvalue weighted by Crippen LogP contribution is 2.21. The van der Waals surface area contributed by atoms with E-state index in [1.807, 2.05) is 19.9 Å². The van der Waals surface area contributed by atoms with Crippen LogP contribution < -0.4 is 16.0 Å². The van der Waals surface area contributed by atoms with Gasteiger partial charge in [-0.3, -0.25) is 4.79 Å². The molecule has 0 fully saturated rings. The van der Waals surface area contributed by atoms with Gasteiger partial charge in [0.2, 0.25) is 5.95 Å². The lowest BCUT2D eigenvalue weighted by molar-refractivity contribution is -0.00177. The molecule has 0 bridgehead atoms. The highest BCUT2D eigenvalue weighted by molar-refractivity contribution is 5.99. The van der Waals surface area contributed by atoms with Crippen molar-refractivity contribution in [2.45, 2.75) is 45.5 Å². The van der Waals surface area contributed by atoms with Gasteiger partial charge >= 0.3 is 0 Å². The third-order valence-corrected chi connectivity index (χ3v) is 3.82. The van der Waals surface area contributed by atoms with Crippen molar-refractivity contribution in [1.29, 1.82) is 5.26 Å². The van der Waals surface area contributed by atoms with E-state index in [4.69, 9.17) is 5.26 Å². The SMILES string of the molecule is CC(C)Nc1cc(Nc2ncc(C#N)cn2)ncc1C(=O)NC[C@@H](F)C(C)(C)O.Cl. The number of amides is 1. The van der Waals surface area contributed by atoms with E-state index in [-0.39, 0.29) is 36.5 Å². The smallest absolute Gasteiger partial charge is 0.255 e. The van der Waals surface area contributed by atoms with Gasteiger partial charge in [0.15, 0.2) is 0 Å². The number of nitrogens with zero attached hydrogens (tertiary/aromatic N) is 4. The van der Waals surface area contributed by atoms with Gasteiger partial charge in [0.1, 0.15) is 18.1 Å². The highest BCUT2D eigenvalue weighted by atomic mass is 35.5. The van der Waals surface area contributed by atoms with E-state index in [0.717, 1.165) is 0 Å². The van der Waals surface area contributed by atoms with Crippen molar-refractivity contribution in [1.82, 2.24) is 20.3 Å². The van der Waals surface area contributed by atoms with E-state index in [1.54, 1.807) is 6.07 Å². The number of hydrogen-bond donors (Lipinski definition) is 4. The van der Waals surface area contributed by atoms with Gasteiger partial charge in [-0.15, -0.1) is 12.4 Å². The second-order valence-corrected chi connectivity index (χ2v) is 7.28. The Hall–Kier alpha value is -3.03. The molecule has 0 aliphatic rings. The highest BCUT2D eigenvalue weighted by Gasteiger charge is 2.27. The fourth-order valence-electron chi connectivity index (χ4n) is 2.23. The van der Waals surface area contributed by atoms with Crippen molar-refractivity contribution in [2.24, 2.45) is 0 Å². The zero-order chi connectivity index (χ0) is 21.6. The molecule has 0 saturated carbocycles. The van der Waals surface area contributed by atoms with Crippen LogP contribution >= 0.6 is 12.4 Å². The van der Waals surface area contributed by atoms with Gasteiger partial charge < -0.3 is 21.1 Å². The predicted molar refractivity (Wildman–Crippen MR) is 114 cm³/mol. The van der Waals surface area contributed by atoms with E-state index in [0.29, 0.717) is 17.1 Å². The van der Waals surface area contributed by atoms with Crippen LogP contribution in [0.2, 0.25) is 0 Å². The van der Waals surface area contributed by atoms with Gasteiger partial charge in [0, 0.05) is 18.3 Å². The van der Waals surface area contributed by atoms with Crippen LogP contribution in [0.15, 0.2) is 24.7 Å². The molecule has 11 heteroatoms. The molecule has 0 unspecified atom stereocenters. The Morgan fingerprint density at radius 2 is 1.90 bits per heavy atom. The summed E-state index contributed by atoms with van der Waals surface area (Å²) in [6, 6.07) is 3.56. The quantitative estimate of drug-likeness (QED) is 0.494. The Kier molecular flexibility index (Phi) is 8.89. The van der Waals surface area contributed by atoms with E-state index < -0.39 is 17.7 Å². The number of nitrogens with one attached hydrogen (secondary N) is 3. The van der Waals surface area contributed by atoms with Crippen molar-refractivity contribution in [3.8, 4) is 6.07 Å². The van der Waals surface area contributed by atoms with Gasteiger partial charge in [-0.25, -0.2) is 19.3 Å². The first-order chi connectivity index (χ1) is 13.6. The summed E-state index contributed by atoms with van der Waals surface area (Å²) in [7, 11) is 0. The molecule has 0 saturated heterocycles. The van der Waals surface area contributed by atoms with E-state index in [9.17, 15) is 14.3 Å². The zero-order valence-corrected chi connectivity index (χ0v) is 17.9. The third kappa shape index (κ3) is 7.09. The van der Waals surface area contributed by atoms with Crippen LogP contribution in [0, 0.1) is 11.3 Å². The van der Waals surface area contributed by atoms with Crippen LogP contribution in [0.4, 0.5) is 21.8 Å². The summed E-state index contributed by atoms with van der Waals surface area (Å²) in [5.41, 5.74) is -0.510. The molecule has 9 nitrogen and oxygen atoms in total. The maximum Gasteiger partial charge on any atom is 0.255 e. The Morgan fingerprint density at radius 1 is 1.27 bits per heavy atom. The minimum atomic E-state index is -1.62. The number of anilines is 3. The molecule has 1 amide bonds. The first-order valence-corrected chi connectivity index (χ1v) is 9.00. The topological polar surface area (TPSA) is 136 Å². The number of aliphatic hydroxyl groups is 1. The number of alkyl halides is 1. The maximum absolute atomic E-state index is 13.9. The zero-order valence-electron chi connectivity index (χ0n) is 17.1. The lowest BCUT2D eigenvalue weighted by atomic mass is 10.0. The molecule has 2 aromatic heterocycles. The molecule has 2 heterocycles. The second-order valence-electron chi connectivity index (χ2n) is 7.28. The number of pyridine rings is 1. The van der Waals surface area contributed by atoms with Crippen molar-refractivity contribution >= 4 is 35.8 Å². The fourth-order valence-corrected chi connectivity index (χ4v) is 2.23. The molecular formula is C19H25ClFN7O2. The number of nitriles is 1. The predicted octanol–water partition coefficient (Wildman–Crippen LogP) is 2.57. The Labute approximate surface area is 180 Å². The Balaban J connectivity index is 0.00000450. The molecule has 2 rings (SSSR count). The summed E-state index contributed by atoms with van der Waals surface area (Å²) in [4.78, 5) is 24.7. The van der Waals surface area contributed by atoms with Crippen LogP contribution in [0.25, 0.3) is 0 Å². The molecule has 0 aliphatic heterocycles. The summed E-state index contributed by atoms with van der Waals surface area (Å²) in [5, 5.41) is 27.0. The van der Waals surface area contributed by atoms with Crippen LogP contribution in [-0.2, 0) is 0 Å². The Bertz CT molecular complexity index is 895. The molecule has 0 radical (unpaired) electrons. The monoisotopic (exact) mass is 437 g/mol. The van der Waals surface area contributed by atoms with Crippen LogP contribution in [0.5, 0.6) is 0 Å². The number of halogens is 2. The van der Waals surface area contributed by atoms with Gasteiger partial charge in [0.05, 0.1) is 41.4 Å². The first kappa shape index (κ1) is 25.0. The van der Waals surface area contributed by atoms with Crippen LogP contribution in [0.3, 0.4) is 0 Å². The summed E-state index contributed by atoms with van der Waals surface area (Å²) < 4.78 is 13.9. The molecule has 4 N–H and O–H groups in total. The minimum absolute atomic E-state index is 0. The van der Waals surface area contributed by atoms with E-state index >= 15 is 0 Å². The maximum atomic E-state index is 13.9. The summed E-state index contributed by atoms with van der Waals surface area (Å²) >= 11 is 0. The molecular weight excluding hydrogens is 413 g/mol. The number of carbonyl (C=O) groups excluding carboxylic acids is 1.